The van der Waals surface area contributed by atoms with Gasteiger partial charge in [-0.15, -0.1) is 0 Å². The Kier molecular flexibility index (Phi) is 3.22. The molecule has 2 unspecified atom stereocenters. The molecule has 4 heteroatoms. The van der Waals surface area contributed by atoms with Crippen LogP contribution >= 0.6 is 0 Å². The number of phenols is 2. The summed E-state index contributed by atoms with van der Waals surface area (Å²) in [5.74, 6) is -0.469. The van der Waals surface area contributed by atoms with Gasteiger partial charge >= 0.3 is 0 Å². The molecular formula is C13H17NO3. The van der Waals surface area contributed by atoms with Crippen molar-refractivity contribution in [3.8, 4) is 11.5 Å². The van der Waals surface area contributed by atoms with Crippen LogP contribution in [0.15, 0.2) is 18.2 Å². The maximum atomic E-state index is 11.9. The topological polar surface area (TPSA) is 69.6 Å². The first kappa shape index (κ1) is 11.8. The summed E-state index contributed by atoms with van der Waals surface area (Å²) in [5, 5.41) is 21.8. The second-order valence-electron chi connectivity index (χ2n) is 4.66. The number of para-hydroxylation sites is 1. The van der Waals surface area contributed by atoms with Crippen LogP contribution in [0.5, 0.6) is 11.5 Å². The number of rotatable bonds is 2. The molecule has 1 aromatic rings. The van der Waals surface area contributed by atoms with Crippen LogP contribution in [0.1, 0.15) is 36.5 Å². The van der Waals surface area contributed by atoms with Crippen molar-refractivity contribution in [2.24, 2.45) is 5.92 Å². The molecular weight excluding hydrogens is 218 g/mol. The van der Waals surface area contributed by atoms with Gasteiger partial charge in [0.15, 0.2) is 11.5 Å². The molecule has 0 aliphatic heterocycles. The Morgan fingerprint density at radius 1 is 1.35 bits per heavy atom. The summed E-state index contributed by atoms with van der Waals surface area (Å²) in [7, 11) is 0. The van der Waals surface area contributed by atoms with Gasteiger partial charge in [0.25, 0.3) is 5.91 Å². The molecule has 4 nitrogen and oxygen atoms in total. The first-order chi connectivity index (χ1) is 8.09. The first-order valence-electron chi connectivity index (χ1n) is 5.91. The molecule has 1 saturated carbocycles. The Bertz CT molecular complexity index is 431. The van der Waals surface area contributed by atoms with Crippen LogP contribution in [0.4, 0.5) is 0 Å². The number of hydrogen-bond acceptors (Lipinski definition) is 3. The lowest BCUT2D eigenvalue weighted by Gasteiger charge is -2.17. The van der Waals surface area contributed by atoms with Crippen molar-refractivity contribution < 1.29 is 15.0 Å². The summed E-state index contributed by atoms with van der Waals surface area (Å²) in [4.78, 5) is 11.9. The van der Waals surface area contributed by atoms with Crippen molar-refractivity contribution in [1.82, 2.24) is 5.32 Å². The summed E-state index contributed by atoms with van der Waals surface area (Å²) in [6, 6.07) is 4.57. The van der Waals surface area contributed by atoms with Crippen molar-refractivity contribution in [3.05, 3.63) is 23.8 Å². The predicted molar refractivity (Wildman–Crippen MR) is 64.0 cm³/mol. The van der Waals surface area contributed by atoms with Gasteiger partial charge in [0, 0.05) is 6.04 Å². The minimum Gasteiger partial charge on any atom is -0.504 e. The van der Waals surface area contributed by atoms with E-state index in [0.717, 1.165) is 19.3 Å². The highest BCUT2D eigenvalue weighted by Gasteiger charge is 2.26. The summed E-state index contributed by atoms with van der Waals surface area (Å²) in [5.41, 5.74) is 0.129. The van der Waals surface area contributed by atoms with E-state index in [1.54, 1.807) is 6.07 Å². The molecule has 1 aromatic carbocycles. The number of aromatic hydroxyl groups is 2. The van der Waals surface area contributed by atoms with E-state index in [4.69, 9.17) is 0 Å². The number of carbonyl (C=O) groups excluding carboxylic acids is 1. The fraction of sp³-hybridized carbons (Fsp3) is 0.462. The number of benzene rings is 1. The number of nitrogens with one attached hydrogen (secondary N) is 1. The lowest BCUT2D eigenvalue weighted by Crippen LogP contribution is -2.36. The van der Waals surface area contributed by atoms with Gasteiger partial charge < -0.3 is 15.5 Å². The molecule has 1 aliphatic carbocycles. The monoisotopic (exact) mass is 235 g/mol. The lowest BCUT2D eigenvalue weighted by atomic mass is 10.1. The Labute approximate surface area is 100 Å². The highest BCUT2D eigenvalue weighted by Crippen LogP contribution is 2.29. The zero-order chi connectivity index (χ0) is 12.4. The minimum atomic E-state index is -0.351. The van der Waals surface area contributed by atoms with E-state index in [-0.39, 0.29) is 29.0 Å². The summed E-state index contributed by atoms with van der Waals surface area (Å²) in [6.07, 6.45) is 3.22. The van der Waals surface area contributed by atoms with Crippen LogP contribution < -0.4 is 5.32 Å². The van der Waals surface area contributed by atoms with E-state index in [9.17, 15) is 15.0 Å². The van der Waals surface area contributed by atoms with Gasteiger partial charge in [-0.2, -0.15) is 0 Å². The third kappa shape index (κ3) is 2.35. The minimum absolute atomic E-state index is 0.129. The highest BCUT2D eigenvalue weighted by atomic mass is 16.3. The van der Waals surface area contributed by atoms with Gasteiger partial charge in [-0.25, -0.2) is 0 Å². The summed E-state index contributed by atoms with van der Waals surface area (Å²) in [6.45, 7) is 2.11. The van der Waals surface area contributed by atoms with Crippen LogP contribution in [-0.4, -0.2) is 22.2 Å². The van der Waals surface area contributed by atoms with E-state index in [0.29, 0.717) is 5.92 Å². The SMILES string of the molecule is CC1CCCC1NC(=O)c1cccc(O)c1O. The number of amides is 1. The molecule has 3 N–H and O–H groups in total. The molecule has 92 valence electrons. The van der Waals surface area contributed by atoms with Gasteiger partial charge in [0.05, 0.1) is 5.56 Å². The standard InChI is InChI=1S/C13H17NO3/c1-8-4-2-6-10(8)14-13(17)9-5-3-7-11(15)12(9)16/h3,5,7-8,10,15-16H,2,4,6H2,1H3,(H,14,17). The normalized spacial score (nSPS) is 23.6. The number of carbonyl (C=O) groups is 1. The second-order valence-corrected chi connectivity index (χ2v) is 4.66. The molecule has 2 atom stereocenters. The fourth-order valence-electron chi connectivity index (χ4n) is 2.32. The number of hydrogen-bond donors (Lipinski definition) is 3. The van der Waals surface area contributed by atoms with Gasteiger partial charge in [0.2, 0.25) is 0 Å². The molecule has 1 fully saturated rings. The molecule has 0 bridgehead atoms. The molecule has 0 radical (unpaired) electrons. The molecule has 1 amide bonds. The third-order valence-corrected chi connectivity index (χ3v) is 3.44. The highest BCUT2D eigenvalue weighted by molar-refractivity contribution is 5.97. The van der Waals surface area contributed by atoms with Crippen molar-refractivity contribution in [3.63, 3.8) is 0 Å². The van der Waals surface area contributed by atoms with E-state index < -0.39 is 0 Å². The Morgan fingerprint density at radius 3 is 2.76 bits per heavy atom. The molecule has 0 spiro atoms. The van der Waals surface area contributed by atoms with Crippen molar-refractivity contribution in [1.29, 1.82) is 0 Å². The fourth-order valence-corrected chi connectivity index (χ4v) is 2.32. The van der Waals surface area contributed by atoms with Crippen LogP contribution in [-0.2, 0) is 0 Å². The Morgan fingerprint density at radius 2 is 2.12 bits per heavy atom. The average Bonchev–Trinajstić information content (AvgIpc) is 2.68. The van der Waals surface area contributed by atoms with Crippen molar-refractivity contribution in [2.45, 2.75) is 32.2 Å². The van der Waals surface area contributed by atoms with Gasteiger partial charge in [-0.3, -0.25) is 4.79 Å². The van der Waals surface area contributed by atoms with E-state index in [2.05, 4.69) is 12.2 Å². The van der Waals surface area contributed by atoms with Crippen LogP contribution in [0.25, 0.3) is 0 Å². The second kappa shape index (κ2) is 4.65. The zero-order valence-corrected chi connectivity index (χ0v) is 9.81. The molecule has 0 heterocycles. The third-order valence-electron chi connectivity index (χ3n) is 3.44. The van der Waals surface area contributed by atoms with Crippen molar-refractivity contribution in [2.75, 3.05) is 0 Å². The van der Waals surface area contributed by atoms with E-state index in [1.807, 2.05) is 0 Å². The van der Waals surface area contributed by atoms with Crippen LogP contribution in [0.2, 0.25) is 0 Å². The summed E-state index contributed by atoms with van der Waals surface area (Å²) >= 11 is 0. The van der Waals surface area contributed by atoms with Crippen molar-refractivity contribution >= 4 is 5.91 Å². The van der Waals surface area contributed by atoms with Crippen LogP contribution in [0, 0.1) is 5.92 Å². The smallest absolute Gasteiger partial charge is 0.255 e. The first-order valence-corrected chi connectivity index (χ1v) is 5.91. The number of phenolic OH excluding ortho intramolecular Hbond substituents is 2. The van der Waals surface area contributed by atoms with Crippen LogP contribution in [0.3, 0.4) is 0 Å². The summed E-state index contributed by atoms with van der Waals surface area (Å²) < 4.78 is 0. The molecule has 0 aromatic heterocycles. The molecule has 17 heavy (non-hydrogen) atoms. The lowest BCUT2D eigenvalue weighted by molar-refractivity contribution is 0.0926. The molecule has 1 aliphatic rings. The Balaban J connectivity index is 2.12. The molecule has 0 saturated heterocycles. The molecule has 2 rings (SSSR count). The van der Waals surface area contributed by atoms with E-state index in [1.165, 1.54) is 12.1 Å². The maximum Gasteiger partial charge on any atom is 0.255 e. The maximum absolute atomic E-state index is 11.9. The Hall–Kier alpha value is -1.71. The van der Waals surface area contributed by atoms with Gasteiger partial charge in [-0.1, -0.05) is 19.4 Å². The average molecular weight is 235 g/mol. The zero-order valence-electron chi connectivity index (χ0n) is 9.81. The quantitative estimate of drug-likeness (QED) is 0.687. The van der Waals surface area contributed by atoms with Gasteiger partial charge in [0.1, 0.15) is 0 Å². The predicted octanol–water partition coefficient (Wildman–Crippen LogP) is 2.02. The largest absolute Gasteiger partial charge is 0.504 e. The van der Waals surface area contributed by atoms with Gasteiger partial charge in [-0.05, 0) is 30.9 Å². The van der Waals surface area contributed by atoms with E-state index >= 15 is 0 Å².